The summed E-state index contributed by atoms with van der Waals surface area (Å²) in [6.07, 6.45) is 0. The van der Waals surface area contributed by atoms with Gasteiger partial charge in [-0.05, 0) is 6.07 Å². The standard InChI is InChI=1S/C8H7ClN2O6S/c9-6-2-1-5(11(14)15)3-7(6)18(16,17)10-4-8(12)13/h1-3,10H,4H2,(H,12,13). The number of nitro groups is 1. The van der Waals surface area contributed by atoms with E-state index in [2.05, 4.69) is 0 Å². The van der Waals surface area contributed by atoms with Crippen LogP contribution < -0.4 is 4.72 Å². The van der Waals surface area contributed by atoms with Gasteiger partial charge in [-0.15, -0.1) is 0 Å². The van der Waals surface area contributed by atoms with E-state index in [9.17, 15) is 23.3 Å². The van der Waals surface area contributed by atoms with Gasteiger partial charge >= 0.3 is 5.97 Å². The van der Waals surface area contributed by atoms with Gasteiger partial charge in [0.25, 0.3) is 5.69 Å². The van der Waals surface area contributed by atoms with Crippen molar-refractivity contribution in [2.75, 3.05) is 6.54 Å². The Morgan fingerprint density at radius 2 is 2.11 bits per heavy atom. The Labute approximate surface area is 106 Å². The van der Waals surface area contributed by atoms with E-state index in [1.54, 1.807) is 4.72 Å². The lowest BCUT2D eigenvalue weighted by molar-refractivity contribution is -0.385. The number of non-ortho nitro benzene ring substituents is 1. The molecule has 8 nitrogen and oxygen atoms in total. The van der Waals surface area contributed by atoms with Crippen LogP contribution in [0.15, 0.2) is 23.1 Å². The van der Waals surface area contributed by atoms with Gasteiger partial charge in [0.05, 0.1) is 9.95 Å². The fourth-order valence-corrected chi connectivity index (χ4v) is 2.54. The Balaban J connectivity index is 3.18. The largest absolute Gasteiger partial charge is 0.480 e. The van der Waals surface area contributed by atoms with Crippen molar-refractivity contribution in [3.63, 3.8) is 0 Å². The van der Waals surface area contributed by atoms with Crippen LogP contribution in [0.3, 0.4) is 0 Å². The van der Waals surface area contributed by atoms with Crippen LogP contribution in [0.4, 0.5) is 5.69 Å². The molecule has 0 spiro atoms. The molecule has 10 heteroatoms. The number of carbonyl (C=O) groups is 1. The number of hydrogen-bond acceptors (Lipinski definition) is 5. The number of benzene rings is 1. The molecule has 0 aliphatic rings. The van der Waals surface area contributed by atoms with Gasteiger partial charge in [-0.1, -0.05) is 11.6 Å². The Morgan fingerprint density at radius 3 is 2.61 bits per heavy atom. The summed E-state index contributed by atoms with van der Waals surface area (Å²) < 4.78 is 25.0. The first-order valence-corrected chi connectivity index (χ1v) is 6.25. The molecular formula is C8H7ClN2O6S. The summed E-state index contributed by atoms with van der Waals surface area (Å²) in [5, 5.41) is 18.6. The Bertz CT molecular complexity index is 600. The maximum Gasteiger partial charge on any atom is 0.318 e. The van der Waals surface area contributed by atoms with Crippen LogP contribution in [0.5, 0.6) is 0 Å². The van der Waals surface area contributed by atoms with Crippen LogP contribution >= 0.6 is 11.6 Å². The first-order valence-electron chi connectivity index (χ1n) is 4.39. The molecule has 0 saturated carbocycles. The first kappa shape index (κ1) is 14.4. The van der Waals surface area contributed by atoms with Crippen molar-refractivity contribution in [1.29, 1.82) is 0 Å². The summed E-state index contributed by atoms with van der Waals surface area (Å²) in [7, 11) is -4.21. The Kier molecular flexibility index (Phi) is 4.22. The number of aliphatic carboxylic acids is 1. The fourth-order valence-electron chi connectivity index (χ4n) is 1.05. The van der Waals surface area contributed by atoms with Crippen LogP contribution in [-0.2, 0) is 14.8 Å². The number of nitrogens with zero attached hydrogens (tertiary/aromatic N) is 1. The van der Waals surface area contributed by atoms with Crippen molar-refractivity contribution >= 4 is 33.3 Å². The normalized spacial score (nSPS) is 11.2. The van der Waals surface area contributed by atoms with Crippen molar-refractivity contribution in [3.05, 3.63) is 33.3 Å². The second kappa shape index (κ2) is 5.29. The SMILES string of the molecule is O=C(O)CNS(=O)(=O)c1cc([N+](=O)[O-])ccc1Cl. The highest BCUT2D eigenvalue weighted by atomic mass is 35.5. The van der Waals surface area contributed by atoms with Gasteiger partial charge in [-0.2, -0.15) is 4.72 Å². The molecule has 1 rings (SSSR count). The van der Waals surface area contributed by atoms with E-state index in [4.69, 9.17) is 16.7 Å². The lowest BCUT2D eigenvalue weighted by Crippen LogP contribution is -2.29. The molecule has 0 aliphatic heterocycles. The van der Waals surface area contributed by atoms with E-state index in [-0.39, 0.29) is 5.02 Å². The summed E-state index contributed by atoms with van der Waals surface area (Å²) >= 11 is 5.61. The molecule has 0 bridgehead atoms. The molecule has 0 radical (unpaired) electrons. The molecule has 0 atom stereocenters. The van der Waals surface area contributed by atoms with Crippen molar-refractivity contribution in [1.82, 2.24) is 4.72 Å². The highest BCUT2D eigenvalue weighted by molar-refractivity contribution is 7.89. The molecule has 1 aromatic rings. The molecule has 2 N–H and O–H groups in total. The Hall–Kier alpha value is -1.71. The van der Waals surface area contributed by atoms with Gasteiger partial charge in [-0.25, -0.2) is 8.42 Å². The number of halogens is 1. The number of carboxylic acid groups (broad SMARTS) is 1. The predicted octanol–water partition coefficient (Wildman–Crippen LogP) is 0.611. The number of sulfonamides is 1. The van der Waals surface area contributed by atoms with Crippen molar-refractivity contribution in [2.45, 2.75) is 4.90 Å². The summed E-state index contributed by atoms with van der Waals surface area (Å²) in [6, 6.07) is 2.85. The minimum absolute atomic E-state index is 0.238. The summed E-state index contributed by atoms with van der Waals surface area (Å²) in [6.45, 7) is -0.846. The molecule has 0 unspecified atom stereocenters. The minimum atomic E-state index is -4.21. The van der Waals surface area contributed by atoms with E-state index in [0.717, 1.165) is 18.2 Å². The third-order valence-electron chi connectivity index (χ3n) is 1.83. The van der Waals surface area contributed by atoms with Crippen LogP contribution in [0.25, 0.3) is 0 Å². The van der Waals surface area contributed by atoms with Gasteiger partial charge in [0.1, 0.15) is 11.4 Å². The second-order valence-electron chi connectivity index (χ2n) is 3.09. The quantitative estimate of drug-likeness (QED) is 0.605. The number of hydrogen-bond donors (Lipinski definition) is 2. The third kappa shape index (κ3) is 3.39. The second-order valence-corrected chi connectivity index (χ2v) is 5.23. The number of nitro benzene ring substituents is 1. The Morgan fingerprint density at radius 1 is 1.50 bits per heavy atom. The highest BCUT2D eigenvalue weighted by Gasteiger charge is 2.22. The molecule has 0 amide bonds. The smallest absolute Gasteiger partial charge is 0.318 e. The molecule has 18 heavy (non-hydrogen) atoms. The predicted molar refractivity (Wildman–Crippen MR) is 60.9 cm³/mol. The van der Waals surface area contributed by atoms with Gasteiger partial charge in [0, 0.05) is 12.1 Å². The van der Waals surface area contributed by atoms with Crippen molar-refractivity contribution in [2.24, 2.45) is 0 Å². The van der Waals surface area contributed by atoms with Gasteiger partial charge < -0.3 is 5.11 Å². The van der Waals surface area contributed by atoms with Crippen molar-refractivity contribution < 1.29 is 23.2 Å². The van der Waals surface area contributed by atoms with E-state index >= 15 is 0 Å². The van der Waals surface area contributed by atoms with E-state index in [0.29, 0.717) is 0 Å². The zero-order chi connectivity index (χ0) is 13.9. The van der Waals surface area contributed by atoms with E-state index in [1.807, 2.05) is 0 Å². The third-order valence-corrected chi connectivity index (χ3v) is 3.71. The minimum Gasteiger partial charge on any atom is -0.480 e. The zero-order valence-electron chi connectivity index (χ0n) is 8.66. The maximum absolute atomic E-state index is 11.7. The van der Waals surface area contributed by atoms with Gasteiger partial charge in [0.2, 0.25) is 10.0 Å². The monoisotopic (exact) mass is 294 g/mol. The molecular weight excluding hydrogens is 288 g/mol. The number of rotatable bonds is 5. The van der Waals surface area contributed by atoms with E-state index in [1.165, 1.54) is 0 Å². The molecule has 1 aromatic carbocycles. The van der Waals surface area contributed by atoms with Gasteiger partial charge in [-0.3, -0.25) is 14.9 Å². The average molecular weight is 295 g/mol. The molecule has 98 valence electrons. The lowest BCUT2D eigenvalue weighted by Gasteiger charge is -2.06. The summed E-state index contributed by atoms with van der Waals surface area (Å²) in [5.74, 6) is -1.39. The topological polar surface area (TPSA) is 127 Å². The molecule has 0 heterocycles. The zero-order valence-corrected chi connectivity index (χ0v) is 10.2. The van der Waals surface area contributed by atoms with Crippen molar-refractivity contribution in [3.8, 4) is 0 Å². The summed E-state index contributed by atoms with van der Waals surface area (Å²) in [5.41, 5.74) is -0.463. The molecule has 0 saturated heterocycles. The maximum atomic E-state index is 11.7. The summed E-state index contributed by atoms with van der Waals surface area (Å²) in [4.78, 5) is 19.5. The first-order chi connectivity index (χ1) is 8.24. The number of carboxylic acids is 1. The highest BCUT2D eigenvalue weighted by Crippen LogP contribution is 2.25. The van der Waals surface area contributed by atoms with E-state index < -0.39 is 38.0 Å². The lowest BCUT2D eigenvalue weighted by atomic mass is 10.3. The molecule has 0 aliphatic carbocycles. The molecule has 0 fully saturated rings. The molecule has 0 aromatic heterocycles. The van der Waals surface area contributed by atoms with Crippen LogP contribution in [0.2, 0.25) is 5.02 Å². The fraction of sp³-hybridized carbons (Fsp3) is 0.125. The van der Waals surface area contributed by atoms with Crippen LogP contribution in [0, 0.1) is 10.1 Å². The van der Waals surface area contributed by atoms with Crippen LogP contribution in [-0.4, -0.2) is 31.0 Å². The number of nitrogens with one attached hydrogen (secondary N) is 1. The average Bonchev–Trinajstić information content (AvgIpc) is 2.26. The van der Waals surface area contributed by atoms with Crippen LogP contribution in [0.1, 0.15) is 0 Å². The van der Waals surface area contributed by atoms with Gasteiger partial charge in [0.15, 0.2) is 0 Å².